The molecule has 0 aliphatic carbocycles. The molecule has 2 aromatic rings. The first kappa shape index (κ1) is 13.5. The molecule has 106 valence electrons. The highest BCUT2D eigenvalue weighted by molar-refractivity contribution is 5.48. The summed E-state index contributed by atoms with van der Waals surface area (Å²) in [6, 6.07) is 5.67. The second-order valence-corrected chi connectivity index (χ2v) is 6.29. The molecular weight excluding hydrogens is 262 g/mol. The van der Waals surface area contributed by atoms with Gasteiger partial charge in [0.25, 0.3) is 0 Å². The summed E-state index contributed by atoms with van der Waals surface area (Å²) in [5, 5.41) is 8.99. The van der Waals surface area contributed by atoms with Crippen LogP contribution in [0.3, 0.4) is 0 Å². The van der Waals surface area contributed by atoms with Gasteiger partial charge in [-0.15, -0.1) is 0 Å². The van der Waals surface area contributed by atoms with E-state index in [1.807, 2.05) is 12.3 Å². The molecular formula is C16H17N5. The molecule has 0 radical (unpaired) electrons. The zero-order chi connectivity index (χ0) is 15.0. The van der Waals surface area contributed by atoms with Crippen molar-refractivity contribution in [1.29, 1.82) is 5.26 Å². The largest absolute Gasteiger partial charge is 0.346 e. The molecule has 5 nitrogen and oxygen atoms in total. The van der Waals surface area contributed by atoms with Crippen LogP contribution in [0.25, 0.3) is 0 Å². The van der Waals surface area contributed by atoms with Crippen molar-refractivity contribution in [3.8, 4) is 6.07 Å². The maximum Gasteiger partial charge on any atom is 0.133 e. The summed E-state index contributed by atoms with van der Waals surface area (Å²) in [5.74, 6) is 1.67. The van der Waals surface area contributed by atoms with E-state index < -0.39 is 0 Å². The Kier molecular flexibility index (Phi) is 3.09. The maximum absolute atomic E-state index is 8.99. The van der Waals surface area contributed by atoms with Gasteiger partial charge < -0.3 is 4.90 Å². The number of fused-ring (bicyclic) bond motifs is 1. The Morgan fingerprint density at radius 1 is 1.24 bits per heavy atom. The predicted molar refractivity (Wildman–Crippen MR) is 79.6 cm³/mol. The minimum atomic E-state index is -0.0541. The Hall–Kier alpha value is -2.48. The summed E-state index contributed by atoms with van der Waals surface area (Å²) in [6.07, 6.45) is 3.58. The van der Waals surface area contributed by atoms with Crippen molar-refractivity contribution >= 4 is 5.82 Å². The molecule has 0 saturated heterocycles. The lowest BCUT2D eigenvalue weighted by Gasteiger charge is -2.16. The molecule has 0 atom stereocenters. The first-order chi connectivity index (χ1) is 9.97. The summed E-state index contributed by atoms with van der Waals surface area (Å²) in [7, 11) is 0. The highest BCUT2D eigenvalue weighted by Gasteiger charge is 2.25. The van der Waals surface area contributed by atoms with Gasteiger partial charge in [-0.1, -0.05) is 20.8 Å². The van der Waals surface area contributed by atoms with E-state index in [1.54, 1.807) is 12.3 Å². The predicted octanol–water partition coefficient (Wildman–Crippen LogP) is 2.56. The molecule has 1 aliphatic rings. The first-order valence-electron chi connectivity index (χ1n) is 6.94. The second kappa shape index (κ2) is 4.81. The van der Waals surface area contributed by atoms with Gasteiger partial charge in [-0.2, -0.15) is 5.26 Å². The normalized spacial score (nSPS) is 13.9. The van der Waals surface area contributed by atoms with Gasteiger partial charge in [-0.05, 0) is 12.1 Å². The monoisotopic (exact) mass is 279 g/mol. The molecule has 3 rings (SSSR count). The lowest BCUT2D eigenvalue weighted by atomic mass is 9.95. The number of anilines is 1. The average Bonchev–Trinajstić information content (AvgIpc) is 2.89. The molecule has 0 fully saturated rings. The van der Waals surface area contributed by atoms with E-state index >= 15 is 0 Å². The van der Waals surface area contributed by atoms with Crippen LogP contribution < -0.4 is 4.90 Å². The highest BCUT2D eigenvalue weighted by Crippen LogP contribution is 2.27. The summed E-state index contributed by atoms with van der Waals surface area (Å²) >= 11 is 0. The van der Waals surface area contributed by atoms with Crippen molar-refractivity contribution in [2.45, 2.75) is 39.3 Å². The Bertz CT molecular complexity index is 724. The van der Waals surface area contributed by atoms with E-state index in [9.17, 15) is 0 Å². The average molecular weight is 279 g/mol. The van der Waals surface area contributed by atoms with E-state index in [0.717, 1.165) is 29.4 Å². The smallest absolute Gasteiger partial charge is 0.133 e. The summed E-state index contributed by atoms with van der Waals surface area (Å²) in [4.78, 5) is 15.6. The third-order valence-electron chi connectivity index (χ3n) is 3.53. The molecule has 0 bridgehead atoms. The lowest BCUT2D eigenvalue weighted by Crippen LogP contribution is -2.17. The van der Waals surface area contributed by atoms with Crippen LogP contribution in [0, 0.1) is 11.3 Å². The van der Waals surface area contributed by atoms with Crippen molar-refractivity contribution in [2.24, 2.45) is 0 Å². The molecule has 0 aromatic carbocycles. The third kappa shape index (κ3) is 2.57. The third-order valence-corrected chi connectivity index (χ3v) is 3.53. The molecule has 0 N–H and O–H groups in total. The lowest BCUT2D eigenvalue weighted by molar-refractivity contribution is 0.541. The van der Waals surface area contributed by atoms with Gasteiger partial charge >= 0.3 is 0 Å². The van der Waals surface area contributed by atoms with Crippen molar-refractivity contribution < 1.29 is 0 Å². The molecule has 3 heterocycles. The Morgan fingerprint density at radius 3 is 2.76 bits per heavy atom. The van der Waals surface area contributed by atoms with Crippen LogP contribution in [-0.4, -0.2) is 15.0 Å². The number of nitrogens with zero attached hydrogens (tertiary/aromatic N) is 5. The molecule has 5 heteroatoms. The van der Waals surface area contributed by atoms with Crippen molar-refractivity contribution in [3.05, 3.63) is 47.2 Å². The molecule has 1 aliphatic heterocycles. The SMILES string of the molecule is CC(C)(C)c1ncc2c(n1)CN(c1cc(C#N)ccn1)C2. The van der Waals surface area contributed by atoms with Crippen LogP contribution >= 0.6 is 0 Å². The number of aromatic nitrogens is 3. The fourth-order valence-electron chi connectivity index (χ4n) is 2.34. The van der Waals surface area contributed by atoms with Crippen LogP contribution in [0.4, 0.5) is 5.82 Å². The minimum absolute atomic E-state index is 0.0541. The van der Waals surface area contributed by atoms with Gasteiger partial charge in [-0.3, -0.25) is 0 Å². The highest BCUT2D eigenvalue weighted by atomic mass is 15.2. The number of rotatable bonds is 1. The van der Waals surface area contributed by atoms with Gasteiger partial charge in [0.15, 0.2) is 0 Å². The molecule has 0 unspecified atom stereocenters. The van der Waals surface area contributed by atoms with Crippen molar-refractivity contribution in [1.82, 2.24) is 15.0 Å². The molecule has 0 amide bonds. The first-order valence-corrected chi connectivity index (χ1v) is 6.94. The Morgan fingerprint density at radius 2 is 2.05 bits per heavy atom. The van der Waals surface area contributed by atoms with Crippen LogP contribution in [0.5, 0.6) is 0 Å². The van der Waals surface area contributed by atoms with Crippen molar-refractivity contribution in [2.75, 3.05) is 4.90 Å². The second-order valence-electron chi connectivity index (χ2n) is 6.29. The van der Waals surface area contributed by atoms with Crippen LogP contribution in [0.15, 0.2) is 24.5 Å². The zero-order valence-electron chi connectivity index (χ0n) is 12.5. The molecule has 2 aromatic heterocycles. The van der Waals surface area contributed by atoms with Gasteiger partial charge in [0.1, 0.15) is 11.6 Å². The van der Waals surface area contributed by atoms with Crippen LogP contribution in [-0.2, 0) is 18.5 Å². The summed E-state index contributed by atoms with van der Waals surface area (Å²) in [6.45, 7) is 7.78. The van der Waals surface area contributed by atoms with Crippen molar-refractivity contribution in [3.63, 3.8) is 0 Å². The standard InChI is InChI=1S/C16H17N5/c1-16(2,3)15-19-8-12-9-21(10-13(12)20-15)14-6-11(7-17)4-5-18-14/h4-6,8H,9-10H2,1-3H3. The van der Waals surface area contributed by atoms with E-state index in [1.165, 1.54) is 0 Å². The molecule has 0 spiro atoms. The minimum Gasteiger partial charge on any atom is -0.346 e. The summed E-state index contributed by atoms with van der Waals surface area (Å²) in [5.41, 5.74) is 2.75. The van der Waals surface area contributed by atoms with Gasteiger partial charge in [0.2, 0.25) is 0 Å². The van der Waals surface area contributed by atoms with Crippen LogP contribution in [0.2, 0.25) is 0 Å². The Labute approximate surface area is 124 Å². The van der Waals surface area contributed by atoms with E-state index in [4.69, 9.17) is 10.2 Å². The number of nitriles is 1. The zero-order valence-corrected chi connectivity index (χ0v) is 12.5. The Balaban J connectivity index is 1.89. The fourth-order valence-corrected chi connectivity index (χ4v) is 2.34. The number of pyridine rings is 1. The molecule has 21 heavy (non-hydrogen) atoms. The summed E-state index contributed by atoms with van der Waals surface area (Å²) < 4.78 is 0. The fraction of sp³-hybridized carbons (Fsp3) is 0.375. The van der Waals surface area contributed by atoms with E-state index in [2.05, 4.69) is 41.7 Å². The van der Waals surface area contributed by atoms with Gasteiger partial charge in [0.05, 0.1) is 23.9 Å². The van der Waals surface area contributed by atoms with E-state index in [-0.39, 0.29) is 5.41 Å². The maximum atomic E-state index is 8.99. The van der Waals surface area contributed by atoms with Gasteiger partial charge in [0, 0.05) is 29.9 Å². The quantitative estimate of drug-likeness (QED) is 0.802. The van der Waals surface area contributed by atoms with E-state index in [0.29, 0.717) is 12.1 Å². The number of hydrogen-bond donors (Lipinski definition) is 0. The topological polar surface area (TPSA) is 65.7 Å². The molecule has 0 saturated carbocycles. The van der Waals surface area contributed by atoms with Crippen LogP contribution in [0.1, 0.15) is 43.4 Å². The number of hydrogen-bond acceptors (Lipinski definition) is 5. The van der Waals surface area contributed by atoms with Gasteiger partial charge in [-0.25, -0.2) is 15.0 Å².